The van der Waals surface area contributed by atoms with E-state index >= 15 is 0 Å². The molecule has 1 saturated heterocycles. The molecule has 0 bridgehead atoms. The van der Waals surface area contributed by atoms with Gasteiger partial charge in [-0.3, -0.25) is 9.59 Å². The number of nitrogens with two attached hydrogens (primary N) is 1. The second kappa shape index (κ2) is 7.57. The Kier molecular flexibility index (Phi) is 5.74. The highest BCUT2D eigenvalue weighted by molar-refractivity contribution is 5.96. The summed E-state index contributed by atoms with van der Waals surface area (Å²) in [6.07, 6.45) is 0. The molecule has 0 saturated carbocycles. The number of carbonyl (C=O) groups excluding carboxylic acids is 2. The lowest BCUT2D eigenvalue weighted by Crippen LogP contribution is -2.47. The van der Waals surface area contributed by atoms with Gasteiger partial charge in [0, 0.05) is 43.5 Å². The minimum atomic E-state index is -0.262. The number of amides is 2. The normalized spacial score (nSPS) is 18.3. The van der Waals surface area contributed by atoms with Crippen molar-refractivity contribution in [1.82, 2.24) is 9.80 Å². The quantitative estimate of drug-likeness (QED) is 0.868. The maximum Gasteiger partial charge on any atom is 0.253 e. The molecule has 1 heterocycles. The van der Waals surface area contributed by atoms with Crippen LogP contribution in [-0.4, -0.2) is 60.9 Å². The van der Waals surface area contributed by atoms with Gasteiger partial charge in [-0.1, -0.05) is 6.92 Å². The lowest BCUT2D eigenvalue weighted by molar-refractivity contribution is -0.119. The van der Waals surface area contributed by atoms with Gasteiger partial charge in [-0.2, -0.15) is 0 Å². The Balaban J connectivity index is 1.96. The molecule has 0 radical (unpaired) electrons. The monoisotopic (exact) mass is 318 g/mol. The van der Waals surface area contributed by atoms with E-state index in [-0.39, 0.29) is 23.8 Å². The molecule has 1 aliphatic heterocycles. The van der Waals surface area contributed by atoms with Crippen molar-refractivity contribution >= 4 is 17.5 Å². The van der Waals surface area contributed by atoms with Gasteiger partial charge in [-0.25, -0.2) is 0 Å². The lowest BCUT2D eigenvalue weighted by Gasteiger charge is -2.32. The Morgan fingerprint density at radius 2 is 1.65 bits per heavy atom. The van der Waals surface area contributed by atoms with Crippen LogP contribution >= 0.6 is 0 Å². The van der Waals surface area contributed by atoms with Gasteiger partial charge in [0.15, 0.2) is 0 Å². The predicted octanol–water partition coefficient (Wildman–Crippen LogP) is 0.996. The number of benzene rings is 1. The summed E-state index contributed by atoms with van der Waals surface area (Å²) >= 11 is 0. The van der Waals surface area contributed by atoms with Gasteiger partial charge in [0.1, 0.15) is 0 Å². The highest BCUT2D eigenvalue weighted by Crippen LogP contribution is 2.14. The van der Waals surface area contributed by atoms with E-state index in [2.05, 4.69) is 17.3 Å². The van der Waals surface area contributed by atoms with Crippen LogP contribution in [0.1, 0.15) is 24.2 Å². The zero-order chi connectivity index (χ0) is 17.0. The average Bonchev–Trinajstić information content (AvgIpc) is 2.54. The van der Waals surface area contributed by atoms with Gasteiger partial charge >= 0.3 is 0 Å². The Bertz CT molecular complexity index is 548. The second-order valence-corrected chi connectivity index (χ2v) is 6.31. The fourth-order valence-corrected chi connectivity index (χ4v) is 2.38. The molecule has 1 aromatic carbocycles. The zero-order valence-corrected chi connectivity index (χ0v) is 14.1. The van der Waals surface area contributed by atoms with Crippen LogP contribution in [0.4, 0.5) is 5.69 Å². The highest BCUT2D eigenvalue weighted by Gasteiger charge is 2.21. The Labute approximate surface area is 137 Å². The van der Waals surface area contributed by atoms with E-state index in [9.17, 15) is 9.59 Å². The fourth-order valence-electron chi connectivity index (χ4n) is 2.38. The molecule has 0 aromatic heterocycles. The first kappa shape index (κ1) is 17.4. The van der Waals surface area contributed by atoms with Crippen molar-refractivity contribution in [2.45, 2.75) is 19.9 Å². The smallest absolute Gasteiger partial charge is 0.253 e. The molecule has 0 aliphatic carbocycles. The van der Waals surface area contributed by atoms with E-state index in [1.807, 2.05) is 11.8 Å². The van der Waals surface area contributed by atoms with Gasteiger partial charge in [-0.05, 0) is 38.2 Å². The third-order valence-corrected chi connectivity index (χ3v) is 4.39. The number of hydrogen-bond donors (Lipinski definition) is 2. The van der Waals surface area contributed by atoms with Crippen LogP contribution in [-0.2, 0) is 4.79 Å². The van der Waals surface area contributed by atoms with E-state index < -0.39 is 0 Å². The van der Waals surface area contributed by atoms with Crippen LogP contribution in [0.3, 0.4) is 0 Å². The van der Waals surface area contributed by atoms with Crippen LogP contribution in [0.5, 0.6) is 0 Å². The topological polar surface area (TPSA) is 78.7 Å². The molecular formula is C17H26N4O2. The number of likely N-dealkylation sites (N-methyl/N-ethyl adjacent to an activating group) is 1. The van der Waals surface area contributed by atoms with Crippen molar-refractivity contribution in [1.29, 1.82) is 0 Å². The summed E-state index contributed by atoms with van der Waals surface area (Å²) in [5.74, 6) is -0.334. The lowest BCUT2D eigenvalue weighted by atomic mass is 10.0. The molecule has 126 valence electrons. The van der Waals surface area contributed by atoms with Crippen molar-refractivity contribution in [3.63, 3.8) is 0 Å². The van der Waals surface area contributed by atoms with Gasteiger partial charge in [0.05, 0.1) is 5.92 Å². The Morgan fingerprint density at radius 3 is 2.17 bits per heavy atom. The maximum absolute atomic E-state index is 12.4. The van der Waals surface area contributed by atoms with E-state index in [1.54, 1.807) is 31.2 Å². The van der Waals surface area contributed by atoms with Crippen molar-refractivity contribution in [2.75, 3.05) is 38.5 Å². The van der Waals surface area contributed by atoms with E-state index in [1.165, 1.54) is 0 Å². The summed E-state index contributed by atoms with van der Waals surface area (Å²) in [6.45, 7) is 6.90. The number of nitrogens with zero attached hydrogens (tertiary/aromatic N) is 2. The number of nitrogens with one attached hydrogen (secondary N) is 1. The molecule has 23 heavy (non-hydrogen) atoms. The van der Waals surface area contributed by atoms with Crippen molar-refractivity contribution in [3.05, 3.63) is 29.8 Å². The summed E-state index contributed by atoms with van der Waals surface area (Å²) < 4.78 is 0. The van der Waals surface area contributed by atoms with Crippen LogP contribution in [0, 0.1) is 5.92 Å². The van der Waals surface area contributed by atoms with Crippen molar-refractivity contribution in [2.24, 2.45) is 11.7 Å². The third-order valence-electron chi connectivity index (χ3n) is 4.39. The minimum Gasteiger partial charge on any atom is -0.336 e. The molecule has 0 spiro atoms. The molecule has 3 N–H and O–H groups in total. The van der Waals surface area contributed by atoms with Gasteiger partial charge in [-0.15, -0.1) is 0 Å². The van der Waals surface area contributed by atoms with E-state index in [0.717, 1.165) is 26.2 Å². The van der Waals surface area contributed by atoms with Crippen LogP contribution < -0.4 is 11.1 Å². The van der Waals surface area contributed by atoms with Gasteiger partial charge in [0.2, 0.25) is 5.91 Å². The second-order valence-electron chi connectivity index (χ2n) is 6.31. The van der Waals surface area contributed by atoms with Gasteiger partial charge in [0.25, 0.3) is 5.91 Å². The fraction of sp³-hybridized carbons (Fsp3) is 0.529. The summed E-state index contributed by atoms with van der Waals surface area (Å²) in [4.78, 5) is 28.5. The maximum atomic E-state index is 12.4. The molecule has 6 heteroatoms. The highest BCUT2D eigenvalue weighted by atomic mass is 16.2. The first-order valence-corrected chi connectivity index (χ1v) is 8.03. The summed E-state index contributed by atoms with van der Waals surface area (Å²) in [5.41, 5.74) is 7.06. The van der Waals surface area contributed by atoms with Crippen molar-refractivity contribution in [3.8, 4) is 0 Å². The standard InChI is InChI=1S/C17H26N4O2/c1-12(13(2)18)16(22)19-15-6-4-14(5-7-15)17(23)21-10-8-20(3)9-11-21/h4-7,12-13H,8-11,18H2,1-3H3,(H,19,22). The van der Waals surface area contributed by atoms with Crippen LogP contribution in [0.2, 0.25) is 0 Å². The predicted molar refractivity (Wildman–Crippen MR) is 91.3 cm³/mol. The molecule has 2 rings (SSSR count). The van der Waals surface area contributed by atoms with Crippen LogP contribution in [0.25, 0.3) is 0 Å². The molecule has 6 nitrogen and oxygen atoms in total. The number of rotatable bonds is 4. The van der Waals surface area contributed by atoms with E-state index in [0.29, 0.717) is 11.3 Å². The first-order chi connectivity index (χ1) is 10.9. The number of piperazine rings is 1. The molecular weight excluding hydrogens is 292 g/mol. The first-order valence-electron chi connectivity index (χ1n) is 8.03. The SMILES string of the molecule is CC(N)C(C)C(=O)Nc1ccc(C(=O)N2CCN(C)CC2)cc1. The van der Waals surface area contributed by atoms with Crippen LogP contribution in [0.15, 0.2) is 24.3 Å². The minimum absolute atomic E-state index is 0.0416. The summed E-state index contributed by atoms with van der Waals surface area (Å²) in [5, 5.41) is 2.82. The third kappa shape index (κ3) is 4.53. The summed E-state index contributed by atoms with van der Waals surface area (Å²) in [7, 11) is 2.06. The summed E-state index contributed by atoms with van der Waals surface area (Å²) in [6, 6.07) is 6.83. The zero-order valence-electron chi connectivity index (χ0n) is 14.1. The van der Waals surface area contributed by atoms with Gasteiger partial charge < -0.3 is 20.9 Å². The largest absolute Gasteiger partial charge is 0.336 e. The van der Waals surface area contributed by atoms with E-state index in [4.69, 9.17) is 5.73 Å². The average molecular weight is 318 g/mol. The Hall–Kier alpha value is -1.92. The Morgan fingerprint density at radius 1 is 1.09 bits per heavy atom. The number of hydrogen-bond acceptors (Lipinski definition) is 4. The molecule has 2 unspecified atom stereocenters. The molecule has 1 aliphatic rings. The molecule has 2 atom stereocenters. The number of anilines is 1. The van der Waals surface area contributed by atoms with Crippen molar-refractivity contribution < 1.29 is 9.59 Å². The molecule has 1 fully saturated rings. The number of carbonyl (C=O) groups is 2. The molecule has 1 aromatic rings. The molecule has 2 amide bonds.